The van der Waals surface area contributed by atoms with Crippen LogP contribution in [-0.2, 0) is 0 Å². The average Bonchev–Trinajstić information content (AvgIpc) is 2.14. The van der Waals surface area contributed by atoms with Gasteiger partial charge < -0.3 is 5.11 Å². The van der Waals surface area contributed by atoms with Crippen LogP contribution in [-0.4, -0.2) is 5.11 Å². The maximum Gasteiger partial charge on any atom is 0.123 e. The van der Waals surface area contributed by atoms with E-state index in [0.29, 0.717) is 0 Å². The smallest absolute Gasteiger partial charge is 0.123 e. The van der Waals surface area contributed by atoms with E-state index in [0.717, 1.165) is 18.4 Å². The van der Waals surface area contributed by atoms with Crippen LogP contribution in [0.25, 0.3) is 0 Å². The van der Waals surface area contributed by atoms with Crippen LogP contribution in [0.1, 0.15) is 45.3 Å². The minimum absolute atomic E-state index is 0.223. The monoisotopic (exact) mass is 210 g/mol. The van der Waals surface area contributed by atoms with E-state index in [2.05, 4.69) is 20.8 Å². The van der Waals surface area contributed by atoms with Gasteiger partial charge >= 0.3 is 0 Å². The minimum Gasteiger partial charge on any atom is -0.388 e. The lowest BCUT2D eigenvalue weighted by Gasteiger charge is -2.20. The van der Waals surface area contributed by atoms with Crippen molar-refractivity contribution in [3.8, 4) is 0 Å². The number of benzene rings is 1. The largest absolute Gasteiger partial charge is 0.388 e. The summed E-state index contributed by atoms with van der Waals surface area (Å²) in [5.74, 6) is -0.262. The van der Waals surface area contributed by atoms with Crippen molar-refractivity contribution < 1.29 is 9.50 Å². The van der Waals surface area contributed by atoms with Crippen molar-refractivity contribution in [1.82, 2.24) is 0 Å². The molecule has 1 atom stereocenters. The third-order valence-electron chi connectivity index (χ3n) is 2.42. The Morgan fingerprint density at radius 3 is 2.20 bits per heavy atom. The van der Waals surface area contributed by atoms with E-state index in [4.69, 9.17) is 0 Å². The van der Waals surface area contributed by atoms with E-state index >= 15 is 0 Å². The molecule has 0 fully saturated rings. The molecule has 1 nitrogen and oxygen atoms in total. The number of hydrogen-bond donors (Lipinski definition) is 1. The molecule has 84 valence electrons. The quantitative estimate of drug-likeness (QED) is 0.806. The molecule has 0 spiro atoms. The molecular formula is C13H19FO. The van der Waals surface area contributed by atoms with Crippen LogP contribution in [0.5, 0.6) is 0 Å². The summed E-state index contributed by atoms with van der Waals surface area (Å²) in [5.41, 5.74) is 1.02. The van der Waals surface area contributed by atoms with Gasteiger partial charge in [0.2, 0.25) is 0 Å². The lowest BCUT2D eigenvalue weighted by molar-refractivity contribution is 0.147. The van der Waals surface area contributed by atoms with Gasteiger partial charge in [-0.25, -0.2) is 4.39 Å². The molecule has 1 aromatic carbocycles. The molecule has 0 radical (unpaired) electrons. The maximum atomic E-state index is 12.6. The standard InChI is InChI=1S/C13H19FO/c1-13(2,3)9-8-12(15)10-4-6-11(14)7-5-10/h4-7,12,15H,8-9H2,1-3H3. The highest BCUT2D eigenvalue weighted by atomic mass is 19.1. The van der Waals surface area contributed by atoms with Gasteiger partial charge in [0.1, 0.15) is 5.82 Å². The Labute approximate surface area is 90.9 Å². The predicted molar refractivity (Wildman–Crippen MR) is 60.0 cm³/mol. The summed E-state index contributed by atoms with van der Waals surface area (Å²) in [6, 6.07) is 6.05. The van der Waals surface area contributed by atoms with E-state index < -0.39 is 6.10 Å². The molecule has 1 aromatic rings. The van der Waals surface area contributed by atoms with Crippen LogP contribution < -0.4 is 0 Å². The maximum absolute atomic E-state index is 12.6. The molecule has 2 heteroatoms. The molecule has 1 unspecified atom stereocenters. The lowest BCUT2D eigenvalue weighted by atomic mass is 9.88. The fraction of sp³-hybridized carbons (Fsp3) is 0.538. The summed E-state index contributed by atoms with van der Waals surface area (Å²) in [6.45, 7) is 6.43. The van der Waals surface area contributed by atoms with Crippen molar-refractivity contribution in [1.29, 1.82) is 0 Å². The highest BCUT2D eigenvalue weighted by Crippen LogP contribution is 2.27. The zero-order valence-electron chi connectivity index (χ0n) is 9.63. The van der Waals surface area contributed by atoms with Gasteiger partial charge in [-0.1, -0.05) is 32.9 Å². The Morgan fingerprint density at radius 1 is 1.20 bits per heavy atom. The second kappa shape index (κ2) is 4.75. The first-order valence-corrected chi connectivity index (χ1v) is 5.32. The predicted octanol–water partition coefficient (Wildman–Crippen LogP) is 3.69. The number of aliphatic hydroxyl groups excluding tert-OH is 1. The molecule has 0 bridgehead atoms. The SMILES string of the molecule is CC(C)(C)CCC(O)c1ccc(F)cc1. The molecule has 0 heterocycles. The number of halogens is 1. The summed E-state index contributed by atoms with van der Waals surface area (Å²) in [4.78, 5) is 0. The van der Waals surface area contributed by atoms with Crippen molar-refractivity contribution in [2.24, 2.45) is 5.41 Å². The van der Waals surface area contributed by atoms with E-state index in [1.807, 2.05) is 0 Å². The third kappa shape index (κ3) is 4.43. The van der Waals surface area contributed by atoms with Crippen molar-refractivity contribution in [3.05, 3.63) is 35.6 Å². The highest BCUT2D eigenvalue weighted by molar-refractivity contribution is 5.18. The fourth-order valence-corrected chi connectivity index (χ4v) is 1.42. The van der Waals surface area contributed by atoms with Gasteiger partial charge in [-0.2, -0.15) is 0 Å². The summed E-state index contributed by atoms with van der Waals surface area (Å²) in [5, 5.41) is 9.85. The van der Waals surface area contributed by atoms with Crippen molar-refractivity contribution in [3.63, 3.8) is 0 Å². The molecule has 1 rings (SSSR count). The van der Waals surface area contributed by atoms with E-state index in [-0.39, 0.29) is 11.2 Å². The van der Waals surface area contributed by atoms with Gasteiger partial charge in [-0.15, -0.1) is 0 Å². The molecule has 0 saturated carbocycles. The molecule has 0 aliphatic heterocycles. The van der Waals surface area contributed by atoms with E-state index in [1.54, 1.807) is 12.1 Å². The number of rotatable bonds is 3. The highest BCUT2D eigenvalue weighted by Gasteiger charge is 2.14. The van der Waals surface area contributed by atoms with E-state index in [1.165, 1.54) is 12.1 Å². The van der Waals surface area contributed by atoms with Gasteiger partial charge in [-0.3, -0.25) is 0 Å². The molecule has 15 heavy (non-hydrogen) atoms. The Balaban J connectivity index is 2.54. The van der Waals surface area contributed by atoms with Gasteiger partial charge in [0.25, 0.3) is 0 Å². The summed E-state index contributed by atoms with van der Waals surface area (Å²) in [6.07, 6.45) is 1.19. The first kappa shape index (κ1) is 12.2. The minimum atomic E-state index is -0.482. The molecule has 1 N–H and O–H groups in total. The third-order valence-corrected chi connectivity index (χ3v) is 2.42. The van der Waals surface area contributed by atoms with Gasteiger partial charge in [-0.05, 0) is 36.0 Å². The van der Waals surface area contributed by atoms with Gasteiger partial charge in [0.05, 0.1) is 6.10 Å². The Morgan fingerprint density at radius 2 is 1.73 bits per heavy atom. The van der Waals surface area contributed by atoms with Crippen LogP contribution >= 0.6 is 0 Å². The first-order chi connectivity index (χ1) is 6.88. The zero-order chi connectivity index (χ0) is 11.5. The molecular weight excluding hydrogens is 191 g/mol. The normalized spacial score (nSPS) is 13.9. The molecule has 0 amide bonds. The fourth-order valence-electron chi connectivity index (χ4n) is 1.42. The molecule has 0 aliphatic carbocycles. The molecule has 0 saturated heterocycles. The number of aliphatic hydroxyl groups is 1. The van der Waals surface area contributed by atoms with Gasteiger partial charge in [0, 0.05) is 0 Å². The summed E-state index contributed by atoms with van der Waals surface area (Å²) in [7, 11) is 0. The molecule has 0 aromatic heterocycles. The molecule has 0 aliphatic rings. The van der Waals surface area contributed by atoms with Crippen LogP contribution in [0, 0.1) is 11.2 Å². The van der Waals surface area contributed by atoms with Crippen molar-refractivity contribution in [2.45, 2.75) is 39.7 Å². The summed E-state index contributed by atoms with van der Waals surface area (Å²) < 4.78 is 12.6. The second-order valence-electron chi connectivity index (χ2n) is 5.17. The van der Waals surface area contributed by atoms with Crippen molar-refractivity contribution >= 4 is 0 Å². The van der Waals surface area contributed by atoms with E-state index in [9.17, 15) is 9.50 Å². The van der Waals surface area contributed by atoms with Crippen LogP contribution in [0.4, 0.5) is 4.39 Å². The van der Waals surface area contributed by atoms with Crippen LogP contribution in [0.15, 0.2) is 24.3 Å². The Hall–Kier alpha value is -0.890. The average molecular weight is 210 g/mol. The van der Waals surface area contributed by atoms with Crippen LogP contribution in [0.3, 0.4) is 0 Å². The number of hydrogen-bond acceptors (Lipinski definition) is 1. The lowest BCUT2D eigenvalue weighted by Crippen LogP contribution is -2.08. The van der Waals surface area contributed by atoms with Crippen molar-refractivity contribution in [2.75, 3.05) is 0 Å². The topological polar surface area (TPSA) is 20.2 Å². The zero-order valence-corrected chi connectivity index (χ0v) is 9.63. The summed E-state index contributed by atoms with van der Waals surface area (Å²) >= 11 is 0. The Bertz CT molecular complexity index is 297. The second-order valence-corrected chi connectivity index (χ2v) is 5.17. The van der Waals surface area contributed by atoms with Gasteiger partial charge in [0.15, 0.2) is 0 Å². The van der Waals surface area contributed by atoms with Crippen LogP contribution in [0.2, 0.25) is 0 Å². The first-order valence-electron chi connectivity index (χ1n) is 5.32. The Kier molecular flexibility index (Phi) is 3.86.